The lowest BCUT2D eigenvalue weighted by molar-refractivity contribution is 0.642. The molecule has 0 atom stereocenters. The molecule has 0 bridgehead atoms. The molecule has 2 aromatic heterocycles. The summed E-state index contributed by atoms with van der Waals surface area (Å²) in [5, 5.41) is 2.52. The number of anilines is 2. The molecule has 1 saturated heterocycles. The van der Waals surface area contributed by atoms with E-state index >= 15 is 0 Å². The second kappa shape index (κ2) is 10.0. The van der Waals surface area contributed by atoms with Gasteiger partial charge in [0.25, 0.3) is 0 Å². The zero-order valence-electron chi connectivity index (χ0n) is 20.4. The van der Waals surface area contributed by atoms with Gasteiger partial charge in [-0.1, -0.05) is 65.2 Å². The normalized spacial score (nSPS) is 13.8. The van der Waals surface area contributed by atoms with Gasteiger partial charge in [0.15, 0.2) is 0 Å². The molecule has 1 aliphatic rings. The quantitative estimate of drug-likeness (QED) is 0.246. The molecule has 1 fully saturated rings. The van der Waals surface area contributed by atoms with Crippen molar-refractivity contribution in [3.05, 3.63) is 101 Å². The van der Waals surface area contributed by atoms with Gasteiger partial charge in [-0.25, -0.2) is 9.97 Å². The lowest BCUT2D eigenvalue weighted by Crippen LogP contribution is -2.47. The van der Waals surface area contributed by atoms with Crippen molar-refractivity contribution in [3.8, 4) is 22.5 Å². The molecule has 6 rings (SSSR count). The zero-order chi connectivity index (χ0) is 25.4. The number of fused-ring (bicyclic) bond motifs is 1. The smallest absolute Gasteiger partial charge is 0.226 e. The predicted molar refractivity (Wildman–Crippen MR) is 154 cm³/mol. The van der Waals surface area contributed by atoms with Crippen LogP contribution in [-0.4, -0.2) is 41.1 Å². The molecule has 0 N–H and O–H groups in total. The SMILES string of the molecule is Cc1ccc(-c2cc(-c3ccc(Cl)cc3)nc(N3CCN(c4ccnc5cc(Cl)ccc45)CC3)n2)cc1. The molecule has 5 nitrogen and oxygen atoms in total. The largest absolute Gasteiger partial charge is 0.367 e. The minimum Gasteiger partial charge on any atom is -0.367 e. The van der Waals surface area contributed by atoms with Crippen LogP contribution in [0.15, 0.2) is 85.1 Å². The first-order valence-corrected chi connectivity index (χ1v) is 13.1. The van der Waals surface area contributed by atoms with E-state index < -0.39 is 0 Å². The summed E-state index contributed by atoms with van der Waals surface area (Å²) in [6.45, 7) is 5.43. The summed E-state index contributed by atoms with van der Waals surface area (Å²) in [6.07, 6.45) is 1.85. The average Bonchev–Trinajstić information content (AvgIpc) is 2.93. The molecule has 0 unspecified atom stereocenters. The van der Waals surface area contributed by atoms with Crippen molar-refractivity contribution in [1.82, 2.24) is 15.0 Å². The Morgan fingerprint density at radius 1 is 0.649 bits per heavy atom. The molecule has 0 spiro atoms. The molecule has 0 radical (unpaired) electrons. The Morgan fingerprint density at radius 3 is 1.92 bits per heavy atom. The van der Waals surface area contributed by atoms with E-state index in [4.69, 9.17) is 33.2 Å². The van der Waals surface area contributed by atoms with Crippen molar-refractivity contribution in [3.63, 3.8) is 0 Å². The first-order chi connectivity index (χ1) is 18.0. The molecule has 3 heterocycles. The number of pyridine rings is 1. The van der Waals surface area contributed by atoms with E-state index in [1.165, 1.54) is 11.3 Å². The standard InChI is InChI=1S/C30H25Cl2N5/c1-20-2-4-21(5-3-20)26-19-27(22-6-8-23(31)9-7-22)35-30(34-26)37-16-14-36(15-17-37)29-12-13-33-28-18-24(32)10-11-25(28)29/h2-13,18-19H,14-17H2,1H3. The first kappa shape index (κ1) is 23.7. The molecule has 7 heteroatoms. The van der Waals surface area contributed by atoms with E-state index in [1.807, 2.05) is 42.6 Å². The van der Waals surface area contributed by atoms with Crippen LogP contribution in [-0.2, 0) is 0 Å². The van der Waals surface area contributed by atoms with Crippen molar-refractivity contribution < 1.29 is 0 Å². The fourth-order valence-electron chi connectivity index (χ4n) is 4.75. The fraction of sp³-hybridized carbons (Fsp3) is 0.167. The predicted octanol–water partition coefficient (Wildman–Crippen LogP) is 7.30. The summed E-state index contributed by atoms with van der Waals surface area (Å²) in [5.74, 6) is 0.744. The van der Waals surface area contributed by atoms with Crippen molar-refractivity contribution in [2.24, 2.45) is 0 Å². The van der Waals surface area contributed by atoms with E-state index in [0.29, 0.717) is 10.0 Å². The first-order valence-electron chi connectivity index (χ1n) is 12.3. The number of halogens is 2. The maximum atomic E-state index is 6.19. The van der Waals surface area contributed by atoms with Crippen molar-refractivity contribution in [2.45, 2.75) is 6.92 Å². The van der Waals surface area contributed by atoms with E-state index in [-0.39, 0.29) is 0 Å². The van der Waals surface area contributed by atoms with Gasteiger partial charge in [-0.05, 0) is 49.4 Å². The van der Waals surface area contributed by atoms with Crippen LogP contribution in [0.2, 0.25) is 10.0 Å². The lowest BCUT2D eigenvalue weighted by Gasteiger charge is -2.36. The summed E-state index contributed by atoms with van der Waals surface area (Å²) < 4.78 is 0. The number of hydrogen-bond acceptors (Lipinski definition) is 5. The molecule has 184 valence electrons. The van der Waals surface area contributed by atoms with E-state index in [1.54, 1.807) is 0 Å². The van der Waals surface area contributed by atoms with Crippen LogP contribution in [0.1, 0.15) is 5.56 Å². The van der Waals surface area contributed by atoms with E-state index in [2.05, 4.69) is 64.2 Å². The molecule has 0 saturated carbocycles. The molecule has 1 aliphatic heterocycles. The number of rotatable bonds is 4. The number of aryl methyl sites for hydroxylation is 1. The van der Waals surface area contributed by atoms with Crippen LogP contribution in [0.25, 0.3) is 33.4 Å². The minimum atomic E-state index is 0.698. The molecular weight excluding hydrogens is 501 g/mol. The van der Waals surface area contributed by atoms with Crippen LogP contribution in [0.5, 0.6) is 0 Å². The average molecular weight is 526 g/mol. The Balaban J connectivity index is 1.31. The van der Waals surface area contributed by atoms with Crippen LogP contribution in [0.3, 0.4) is 0 Å². The molecule has 37 heavy (non-hydrogen) atoms. The Kier molecular flexibility index (Phi) is 6.41. The molecule has 3 aromatic carbocycles. The highest BCUT2D eigenvalue weighted by Gasteiger charge is 2.22. The maximum absolute atomic E-state index is 6.19. The molecular formula is C30H25Cl2N5. The highest BCUT2D eigenvalue weighted by Crippen LogP contribution is 2.31. The Labute approximate surface area is 226 Å². The van der Waals surface area contributed by atoms with E-state index in [0.717, 1.165) is 65.5 Å². The Morgan fingerprint density at radius 2 is 1.24 bits per heavy atom. The second-order valence-electron chi connectivity index (χ2n) is 9.28. The summed E-state index contributed by atoms with van der Waals surface area (Å²) in [7, 11) is 0. The van der Waals surface area contributed by atoms with Gasteiger partial charge in [-0.15, -0.1) is 0 Å². The summed E-state index contributed by atoms with van der Waals surface area (Å²) in [5.41, 5.74) is 7.20. The fourth-order valence-corrected chi connectivity index (χ4v) is 5.04. The van der Waals surface area contributed by atoms with Crippen LogP contribution < -0.4 is 9.80 Å². The molecule has 5 aromatic rings. The van der Waals surface area contributed by atoms with Crippen molar-refractivity contribution >= 4 is 45.7 Å². The van der Waals surface area contributed by atoms with Gasteiger partial charge in [0, 0.05) is 64.6 Å². The lowest BCUT2D eigenvalue weighted by atomic mass is 10.1. The third kappa shape index (κ3) is 4.97. The van der Waals surface area contributed by atoms with Gasteiger partial charge >= 0.3 is 0 Å². The third-order valence-corrected chi connectivity index (χ3v) is 7.27. The summed E-state index contributed by atoms with van der Waals surface area (Å²) >= 11 is 12.3. The second-order valence-corrected chi connectivity index (χ2v) is 10.1. The van der Waals surface area contributed by atoms with Gasteiger partial charge in [0.1, 0.15) is 0 Å². The Bertz CT molecular complexity index is 1500. The number of aromatic nitrogens is 3. The highest BCUT2D eigenvalue weighted by atomic mass is 35.5. The number of hydrogen-bond donors (Lipinski definition) is 0. The monoisotopic (exact) mass is 525 g/mol. The van der Waals surface area contributed by atoms with Crippen LogP contribution >= 0.6 is 23.2 Å². The van der Waals surface area contributed by atoms with Gasteiger partial charge in [-0.2, -0.15) is 0 Å². The van der Waals surface area contributed by atoms with Crippen molar-refractivity contribution in [1.29, 1.82) is 0 Å². The molecule has 0 amide bonds. The third-order valence-electron chi connectivity index (χ3n) is 6.79. The van der Waals surface area contributed by atoms with E-state index in [9.17, 15) is 0 Å². The summed E-state index contributed by atoms with van der Waals surface area (Å²) in [6, 6.07) is 26.3. The Hall–Kier alpha value is -3.67. The number of nitrogens with zero attached hydrogens (tertiary/aromatic N) is 5. The summed E-state index contributed by atoms with van der Waals surface area (Å²) in [4.78, 5) is 19.2. The van der Waals surface area contributed by atoms with Crippen molar-refractivity contribution in [2.75, 3.05) is 36.0 Å². The van der Waals surface area contributed by atoms with Crippen LogP contribution in [0.4, 0.5) is 11.6 Å². The molecule has 0 aliphatic carbocycles. The highest BCUT2D eigenvalue weighted by molar-refractivity contribution is 6.31. The minimum absolute atomic E-state index is 0.698. The van der Waals surface area contributed by atoms with Gasteiger partial charge in [0.2, 0.25) is 5.95 Å². The zero-order valence-corrected chi connectivity index (χ0v) is 21.9. The topological polar surface area (TPSA) is 45.2 Å². The van der Waals surface area contributed by atoms with Gasteiger partial charge in [0.05, 0.1) is 16.9 Å². The maximum Gasteiger partial charge on any atom is 0.226 e. The van der Waals surface area contributed by atoms with Crippen LogP contribution in [0, 0.1) is 6.92 Å². The van der Waals surface area contributed by atoms with Gasteiger partial charge < -0.3 is 9.80 Å². The number of piperazine rings is 1. The van der Waals surface area contributed by atoms with Gasteiger partial charge in [-0.3, -0.25) is 4.98 Å². The number of benzene rings is 3.